The first kappa shape index (κ1) is 18.8. The maximum Gasteiger partial charge on any atom is 0.254 e. The third kappa shape index (κ3) is 4.97. The fourth-order valence-electron chi connectivity index (χ4n) is 2.65. The van der Waals surface area contributed by atoms with Crippen LogP contribution in [0.5, 0.6) is 11.5 Å². The maximum absolute atomic E-state index is 13.1. The molecule has 25 heavy (non-hydrogen) atoms. The number of ether oxygens (including phenoxy) is 3. The van der Waals surface area contributed by atoms with Gasteiger partial charge in [-0.3, -0.25) is 4.79 Å². The minimum absolute atomic E-state index is 0.0636. The number of carbonyl (C=O) groups excluding carboxylic acids is 1. The Kier molecular flexibility index (Phi) is 6.83. The molecule has 1 unspecified atom stereocenters. The molecule has 5 nitrogen and oxygen atoms in total. The smallest absolute Gasteiger partial charge is 0.254 e. The third-order valence-corrected chi connectivity index (χ3v) is 4.00. The van der Waals surface area contributed by atoms with E-state index in [-0.39, 0.29) is 11.9 Å². The van der Waals surface area contributed by atoms with Gasteiger partial charge in [0.05, 0.1) is 26.9 Å². The lowest BCUT2D eigenvalue weighted by Crippen LogP contribution is -2.40. The van der Waals surface area contributed by atoms with Crippen LogP contribution in [0.1, 0.15) is 22.8 Å². The van der Waals surface area contributed by atoms with Gasteiger partial charge < -0.3 is 19.1 Å². The predicted octanol–water partition coefficient (Wildman–Crippen LogP) is 3.38. The monoisotopic (exact) mass is 343 g/mol. The van der Waals surface area contributed by atoms with E-state index in [1.807, 2.05) is 43.3 Å². The maximum atomic E-state index is 13.1. The van der Waals surface area contributed by atoms with Crippen molar-refractivity contribution in [2.45, 2.75) is 19.5 Å². The van der Waals surface area contributed by atoms with Gasteiger partial charge in [0, 0.05) is 19.2 Å². The highest BCUT2D eigenvalue weighted by molar-refractivity contribution is 5.94. The molecule has 0 aromatic heterocycles. The summed E-state index contributed by atoms with van der Waals surface area (Å²) in [4.78, 5) is 14.9. The number of hydrogen-bond donors (Lipinski definition) is 0. The second-order valence-electron chi connectivity index (χ2n) is 5.82. The zero-order chi connectivity index (χ0) is 18.2. The molecule has 2 rings (SSSR count). The van der Waals surface area contributed by atoms with Gasteiger partial charge in [-0.05, 0) is 42.8 Å². The summed E-state index contributed by atoms with van der Waals surface area (Å²) in [6, 6.07) is 14.8. The van der Waals surface area contributed by atoms with Gasteiger partial charge in [-0.2, -0.15) is 0 Å². The minimum atomic E-state index is -0.0742. The standard InChI is InChI=1S/C20H25NO4/c1-15(14-23-2)21(13-16-7-5-9-18(11-16)24-3)20(22)17-8-6-10-19(12-17)25-4/h5-12,15H,13-14H2,1-4H3. The van der Waals surface area contributed by atoms with E-state index in [4.69, 9.17) is 14.2 Å². The first-order valence-electron chi connectivity index (χ1n) is 8.16. The molecule has 0 aliphatic carbocycles. The lowest BCUT2D eigenvalue weighted by atomic mass is 10.1. The van der Waals surface area contributed by atoms with Gasteiger partial charge in [0.1, 0.15) is 11.5 Å². The molecule has 2 aromatic carbocycles. The molecule has 0 heterocycles. The van der Waals surface area contributed by atoms with Gasteiger partial charge in [-0.25, -0.2) is 0 Å². The quantitative estimate of drug-likeness (QED) is 0.737. The Morgan fingerprint density at radius 1 is 1.00 bits per heavy atom. The topological polar surface area (TPSA) is 48.0 Å². The molecule has 0 saturated heterocycles. The lowest BCUT2D eigenvalue weighted by Gasteiger charge is -2.29. The molecule has 0 bridgehead atoms. The fourth-order valence-corrected chi connectivity index (χ4v) is 2.65. The van der Waals surface area contributed by atoms with E-state index in [0.29, 0.717) is 24.5 Å². The van der Waals surface area contributed by atoms with Gasteiger partial charge in [0.2, 0.25) is 0 Å². The summed E-state index contributed by atoms with van der Waals surface area (Å²) in [6.45, 7) is 2.90. The van der Waals surface area contributed by atoms with Gasteiger partial charge >= 0.3 is 0 Å². The number of methoxy groups -OCH3 is 3. The van der Waals surface area contributed by atoms with Crippen molar-refractivity contribution in [3.8, 4) is 11.5 Å². The van der Waals surface area contributed by atoms with Crippen molar-refractivity contribution in [2.75, 3.05) is 27.9 Å². The lowest BCUT2D eigenvalue weighted by molar-refractivity contribution is 0.0541. The average molecular weight is 343 g/mol. The van der Waals surface area contributed by atoms with Crippen LogP contribution >= 0.6 is 0 Å². The van der Waals surface area contributed by atoms with E-state index in [1.165, 1.54) is 0 Å². The van der Waals surface area contributed by atoms with Crippen LogP contribution in [-0.4, -0.2) is 44.8 Å². The number of carbonyl (C=O) groups is 1. The molecule has 0 saturated carbocycles. The number of rotatable bonds is 8. The van der Waals surface area contributed by atoms with Crippen LogP contribution in [0, 0.1) is 0 Å². The molecule has 2 aromatic rings. The zero-order valence-electron chi connectivity index (χ0n) is 15.2. The molecule has 1 atom stereocenters. The summed E-state index contributed by atoms with van der Waals surface area (Å²) in [5.74, 6) is 1.36. The highest BCUT2D eigenvalue weighted by Gasteiger charge is 2.22. The van der Waals surface area contributed by atoms with Crippen molar-refractivity contribution >= 4 is 5.91 Å². The molecular weight excluding hydrogens is 318 g/mol. The molecule has 1 amide bonds. The van der Waals surface area contributed by atoms with E-state index in [9.17, 15) is 4.79 Å². The predicted molar refractivity (Wildman–Crippen MR) is 97.2 cm³/mol. The third-order valence-electron chi connectivity index (χ3n) is 4.00. The molecular formula is C20H25NO4. The van der Waals surface area contributed by atoms with Gasteiger partial charge in [0.15, 0.2) is 0 Å². The van der Waals surface area contributed by atoms with Crippen molar-refractivity contribution in [3.05, 3.63) is 59.7 Å². The van der Waals surface area contributed by atoms with Crippen molar-refractivity contribution in [3.63, 3.8) is 0 Å². The van der Waals surface area contributed by atoms with Crippen LogP contribution in [-0.2, 0) is 11.3 Å². The Labute approximate surface area is 149 Å². The van der Waals surface area contributed by atoms with E-state index in [0.717, 1.165) is 11.3 Å². The van der Waals surface area contributed by atoms with Crippen molar-refractivity contribution in [1.29, 1.82) is 0 Å². The van der Waals surface area contributed by atoms with E-state index < -0.39 is 0 Å². The number of benzene rings is 2. The van der Waals surface area contributed by atoms with Crippen LogP contribution in [0.2, 0.25) is 0 Å². The van der Waals surface area contributed by atoms with Crippen LogP contribution < -0.4 is 9.47 Å². The van der Waals surface area contributed by atoms with Crippen LogP contribution in [0.25, 0.3) is 0 Å². The highest BCUT2D eigenvalue weighted by atomic mass is 16.5. The molecule has 0 radical (unpaired) electrons. The minimum Gasteiger partial charge on any atom is -0.497 e. The molecule has 134 valence electrons. The van der Waals surface area contributed by atoms with E-state index in [2.05, 4.69) is 0 Å². The highest BCUT2D eigenvalue weighted by Crippen LogP contribution is 2.20. The Hall–Kier alpha value is -2.53. The molecule has 0 aliphatic heterocycles. The number of amides is 1. The van der Waals surface area contributed by atoms with Crippen LogP contribution in [0.15, 0.2) is 48.5 Å². The summed E-state index contributed by atoms with van der Waals surface area (Å²) >= 11 is 0. The van der Waals surface area contributed by atoms with Crippen molar-refractivity contribution < 1.29 is 19.0 Å². The van der Waals surface area contributed by atoms with Gasteiger partial charge in [-0.15, -0.1) is 0 Å². The Morgan fingerprint density at radius 2 is 1.64 bits per heavy atom. The van der Waals surface area contributed by atoms with Gasteiger partial charge in [-0.1, -0.05) is 18.2 Å². The summed E-state index contributed by atoms with van der Waals surface area (Å²) in [6.07, 6.45) is 0. The normalized spacial score (nSPS) is 11.7. The average Bonchev–Trinajstić information content (AvgIpc) is 2.66. The Balaban J connectivity index is 2.29. The van der Waals surface area contributed by atoms with Crippen LogP contribution in [0.3, 0.4) is 0 Å². The first-order valence-corrected chi connectivity index (χ1v) is 8.16. The summed E-state index contributed by atoms with van der Waals surface area (Å²) < 4.78 is 15.8. The summed E-state index contributed by atoms with van der Waals surface area (Å²) in [5, 5.41) is 0. The Bertz CT molecular complexity index is 702. The first-order chi connectivity index (χ1) is 12.1. The largest absolute Gasteiger partial charge is 0.497 e. The molecule has 0 aliphatic rings. The molecule has 0 spiro atoms. The van der Waals surface area contributed by atoms with Crippen molar-refractivity contribution in [2.24, 2.45) is 0 Å². The second-order valence-corrected chi connectivity index (χ2v) is 5.82. The SMILES string of the molecule is COCC(C)N(Cc1cccc(OC)c1)C(=O)c1cccc(OC)c1. The van der Waals surface area contributed by atoms with Crippen LogP contribution in [0.4, 0.5) is 0 Å². The number of nitrogens with zero attached hydrogens (tertiary/aromatic N) is 1. The summed E-state index contributed by atoms with van der Waals surface area (Å²) in [5.41, 5.74) is 1.59. The van der Waals surface area contributed by atoms with Crippen molar-refractivity contribution in [1.82, 2.24) is 4.90 Å². The zero-order valence-corrected chi connectivity index (χ0v) is 15.2. The summed E-state index contributed by atoms with van der Waals surface area (Å²) in [7, 11) is 4.85. The fraction of sp³-hybridized carbons (Fsp3) is 0.350. The van der Waals surface area contributed by atoms with E-state index in [1.54, 1.807) is 38.4 Å². The molecule has 5 heteroatoms. The van der Waals surface area contributed by atoms with Gasteiger partial charge in [0.25, 0.3) is 5.91 Å². The Morgan fingerprint density at radius 3 is 2.28 bits per heavy atom. The van der Waals surface area contributed by atoms with E-state index >= 15 is 0 Å². The second kappa shape index (κ2) is 9.08. The molecule has 0 N–H and O–H groups in total. The molecule has 0 fully saturated rings. The number of hydrogen-bond acceptors (Lipinski definition) is 4.